The minimum absolute atomic E-state index is 0.117. The minimum atomic E-state index is -4.87. The Kier molecular flexibility index (Phi) is 36.0. The van der Waals surface area contributed by atoms with Gasteiger partial charge in [-0.3, -0.25) is 28.0 Å². The van der Waals surface area contributed by atoms with E-state index in [1.54, 1.807) is 12.2 Å². The first kappa shape index (κ1) is 56.3. The number of rotatable bonds is 41. The smallest absolute Gasteiger partial charge is 0.462 e. The van der Waals surface area contributed by atoms with Gasteiger partial charge in [-0.25, -0.2) is 9.13 Å². The van der Waals surface area contributed by atoms with E-state index in [0.29, 0.717) is 19.3 Å². The summed E-state index contributed by atoms with van der Waals surface area (Å²) < 4.78 is 47.7. The molecule has 0 spiro atoms. The number of hydrogen-bond acceptors (Lipinski definition) is 11. The number of allylic oxidation sites excluding steroid dienone is 4. The first-order chi connectivity index (χ1) is 27.6. The normalized spacial score (nSPS) is 14.3. The molecule has 58 heavy (non-hydrogen) atoms. The van der Waals surface area contributed by atoms with Gasteiger partial charge >= 0.3 is 27.6 Å². The Balaban J connectivity index is 4.56. The number of esters is 2. The average molecular weight is 869 g/mol. The maximum absolute atomic E-state index is 12.7. The molecule has 16 heteroatoms. The molecule has 0 saturated heterocycles. The fourth-order valence-electron chi connectivity index (χ4n) is 5.87. The van der Waals surface area contributed by atoms with E-state index in [0.717, 1.165) is 76.5 Å². The van der Waals surface area contributed by atoms with E-state index in [4.69, 9.17) is 23.8 Å². The zero-order valence-electron chi connectivity index (χ0n) is 35.8. The van der Waals surface area contributed by atoms with Crippen LogP contribution in [0, 0.1) is 5.92 Å². The van der Waals surface area contributed by atoms with E-state index in [1.807, 2.05) is 12.2 Å². The molecule has 0 radical (unpaired) electrons. The van der Waals surface area contributed by atoms with Gasteiger partial charge in [-0.15, -0.1) is 0 Å². The summed E-state index contributed by atoms with van der Waals surface area (Å²) in [6, 6.07) is 0. The summed E-state index contributed by atoms with van der Waals surface area (Å²) in [5, 5.41) is 9.74. The minimum Gasteiger partial charge on any atom is -0.462 e. The Bertz CT molecular complexity index is 1200. The van der Waals surface area contributed by atoms with Gasteiger partial charge in [-0.05, 0) is 44.1 Å². The molecular formula is C42H78O14P2. The Morgan fingerprint density at radius 2 is 1.09 bits per heavy atom. The van der Waals surface area contributed by atoms with Crippen molar-refractivity contribution in [3.05, 3.63) is 24.3 Å². The van der Waals surface area contributed by atoms with Crippen LogP contribution in [-0.2, 0) is 46.6 Å². The van der Waals surface area contributed by atoms with Gasteiger partial charge in [0.1, 0.15) is 12.7 Å². The average Bonchev–Trinajstić information content (AvgIpc) is 3.16. The maximum Gasteiger partial charge on any atom is 0.472 e. The molecule has 0 rings (SSSR count). The van der Waals surface area contributed by atoms with E-state index >= 15 is 0 Å². The number of phosphoric ester groups is 2. The number of phosphoric acid groups is 2. The Morgan fingerprint density at radius 3 is 1.66 bits per heavy atom. The molecule has 3 atom stereocenters. The Hall–Kier alpha value is -1.73. The summed E-state index contributed by atoms with van der Waals surface area (Å²) in [5.41, 5.74) is 0. The lowest BCUT2D eigenvalue weighted by Gasteiger charge is -2.20. The molecule has 14 nitrogen and oxygen atoms in total. The number of unbranched alkanes of at least 4 members (excludes halogenated alkanes) is 18. The summed E-state index contributed by atoms with van der Waals surface area (Å²) in [6.45, 7) is 3.87. The lowest BCUT2D eigenvalue weighted by Crippen LogP contribution is -2.30. The molecule has 0 aliphatic heterocycles. The first-order valence-corrected chi connectivity index (χ1v) is 24.9. The van der Waals surface area contributed by atoms with Gasteiger partial charge in [0.25, 0.3) is 0 Å². The van der Waals surface area contributed by atoms with E-state index < -0.39 is 66.2 Å². The predicted molar refractivity (Wildman–Crippen MR) is 226 cm³/mol. The third kappa shape index (κ3) is 41.0. The zero-order chi connectivity index (χ0) is 43.3. The molecule has 0 bridgehead atoms. The number of carbonyl (C=O) groups is 3. The van der Waals surface area contributed by atoms with Crippen molar-refractivity contribution in [2.45, 2.75) is 193 Å². The SMILES string of the molecule is CCCCCC(=O)/C=C/C=C\CCCCCCCC(=O)OC[C@H](COP(=O)(O)OC[C@@H](O)COP(=O)(O)O)OC(=O)CCCCCCCCCCCCCCC(C)C. The second-order valence-electron chi connectivity index (χ2n) is 15.5. The largest absolute Gasteiger partial charge is 0.472 e. The molecule has 0 aromatic heterocycles. The van der Waals surface area contributed by atoms with Crippen LogP contribution in [0.25, 0.3) is 0 Å². The zero-order valence-corrected chi connectivity index (χ0v) is 37.6. The van der Waals surface area contributed by atoms with Crippen molar-refractivity contribution in [3.63, 3.8) is 0 Å². The quantitative estimate of drug-likeness (QED) is 0.0148. The molecule has 0 fully saturated rings. The number of aliphatic hydroxyl groups excluding tert-OH is 1. The van der Waals surface area contributed by atoms with Crippen LogP contribution in [0.15, 0.2) is 24.3 Å². The summed E-state index contributed by atoms with van der Waals surface area (Å²) >= 11 is 0. The summed E-state index contributed by atoms with van der Waals surface area (Å²) in [7, 11) is -9.69. The van der Waals surface area contributed by atoms with E-state index in [1.165, 1.54) is 57.8 Å². The van der Waals surface area contributed by atoms with Crippen LogP contribution in [0.1, 0.15) is 181 Å². The highest BCUT2D eigenvalue weighted by atomic mass is 31.2. The second-order valence-corrected chi connectivity index (χ2v) is 18.2. The van der Waals surface area contributed by atoms with Crippen molar-refractivity contribution >= 4 is 33.4 Å². The molecule has 0 amide bonds. The number of hydrogen-bond donors (Lipinski definition) is 4. The van der Waals surface area contributed by atoms with Gasteiger partial charge < -0.3 is 29.3 Å². The van der Waals surface area contributed by atoms with Gasteiger partial charge in [0.05, 0.1) is 19.8 Å². The lowest BCUT2D eigenvalue weighted by atomic mass is 10.0. The molecular weight excluding hydrogens is 790 g/mol. The van der Waals surface area contributed by atoms with Crippen LogP contribution in [0.5, 0.6) is 0 Å². The summed E-state index contributed by atoms with van der Waals surface area (Å²) in [4.78, 5) is 64.4. The van der Waals surface area contributed by atoms with Crippen molar-refractivity contribution < 1.29 is 66.3 Å². The highest BCUT2D eigenvalue weighted by Gasteiger charge is 2.28. The maximum atomic E-state index is 12.7. The molecule has 0 aromatic carbocycles. The van der Waals surface area contributed by atoms with E-state index in [-0.39, 0.29) is 18.6 Å². The van der Waals surface area contributed by atoms with Crippen LogP contribution in [0.4, 0.5) is 0 Å². The highest BCUT2D eigenvalue weighted by molar-refractivity contribution is 7.47. The molecule has 340 valence electrons. The van der Waals surface area contributed by atoms with E-state index in [9.17, 15) is 33.5 Å². The highest BCUT2D eigenvalue weighted by Crippen LogP contribution is 2.43. The van der Waals surface area contributed by atoms with Crippen molar-refractivity contribution in [2.24, 2.45) is 5.92 Å². The van der Waals surface area contributed by atoms with Crippen LogP contribution in [0.2, 0.25) is 0 Å². The number of ether oxygens (including phenoxy) is 2. The lowest BCUT2D eigenvalue weighted by molar-refractivity contribution is -0.161. The van der Waals surface area contributed by atoms with Crippen LogP contribution >= 0.6 is 15.6 Å². The fourth-order valence-corrected chi connectivity index (χ4v) is 7.02. The van der Waals surface area contributed by atoms with Gasteiger partial charge in [-0.1, -0.05) is 148 Å². The first-order valence-electron chi connectivity index (χ1n) is 21.8. The number of carbonyl (C=O) groups excluding carboxylic acids is 3. The van der Waals surface area contributed by atoms with Gasteiger partial charge in [0.2, 0.25) is 0 Å². The molecule has 0 saturated carbocycles. The van der Waals surface area contributed by atoms with Crippen molar-refractivity contribution in [1.82, 2.24) is 0 Å². The summed E-state index contributed by atoms with van der Waals surface area (Å²) in [5.74, 6) is -0.150. The van der Waals surface area contributed by atoms with Crippen molar-refractivity contribution in [1.29, 1.82) is 0 Å². The van der Waals surface area contributed by atoms with Crippen LogP contribution in [0.3, 0.4) is 0 Å². The fraction of sp³-hybridized carbons (Fsp3) is 0.833. The third-order valence-corrected chi connectivity index (χ3v) is 10.7. The molecule has 0 aromatic rings. The van der Waals surface area contributed by atoms with Crippen molar-refractivity contribution in [3.8, 4) is 0 Å². The Morgan fingerprint density at radius 1 is 0.586 bits per heavy atom. The molecule has 4 N–H and O–H groups in total. The van der Waals surface area contributed by atoms with E-state index in [2.05, 4.69) is 29.8 Å². The summed E-state index contributed by atoms with van der Waals surface area (Å²) in [6.07, 6.45) is 28.7. The second kappa shape index (κ2) is 37.1. The van der Waals surface area contributed by atoms with Gasteiger partial charge in [0, 0.05) is 19.3 Å². The topological polar surface area (TPSA) is 212 Å². The molecule has 0 aliphatic rings. The van der Waals surface area contributed by atoms with Crippen molar-refractivity contribution in [2.75, 3.05) is 26.4 Å². The Labute approximate surface area is 349 Å². The number of ketones is 1. The third-order valence-electron chi connectivity index (χ3n) is 9.24. The van der Waals surface area contributed by atoms with Crippen LogP contribution < -0.4 is 0 Å². The monoisotopic (exact) mass is 868 g/mol. The predicted octanol–water partition coefficient (Wildman–Crippen LogP) is 10.2. The standard InChI is InChI=1S/C42H78O14P2/c1-4-5-23-29-38(43)30-25-20-16-12-10-14-17-21-26-31-41(45)52-35-40(36-55-58(50,51)54-34-39(44)33-53-57(47,48)49)56-42(46)32-27-22-18-13-9-7-6-8-11-15-19-24-28-37(2)3/h16,20,25,30,37,39-40,44H,4-15,17-19,21-24,26-29,31-36H2,1-3H3,(H,50,51)(H2,47,48,49)/b20-16-,30-25+/t39-,40+/m0/s1. The molecule has 0 aliphatic carbocycles. The number of aliphatic hydroxyl groups is 1. The molecule has 0 heterocycles. The molecule has 1 unspecified atom stereocenters. The van der Waals surface area contributed by atoms with Gasteiger partial charge in [0.15, 0.2) is 11.9 Å². The van der Waals surface area contributed by atoms with Gasteiger partial charge in [-0.2, -0.15) is 0 Å². The van der Waals surface area contributed by atoms with Crippen LogP contribution in [-0.4, -0.2) is 76.1 Å².